The van der Waals surface area contributed by atoms with Crippen LogP contribution in [0.2, 0.25) is 0 Å². The lowest BCUT2D eigenvalue weighted by atomic mass is 10.0. The molecule has 0 saturated heterocycles. The summed E-state index contributed by atoms with van der Waals surface area (Å²) < 4.78 is 7.07. The van der Waals surface area contributed by atoms with Crippen LogP contribution in [-0.2, 0) is 22.6 Å². The normalized spacial score (nSPS) is 13.0. The number of anilines is 1. The fourth-order valence-electron chi connectivity index (χ4n) is 3.96. The van der Waals surface area contributed by atoms with E-state index in [0.29, 0.717) is 13.0 Å². The molecular formula is C25H27N3O3. The minimum atomic E-state index is -0.0101. The molecule has 6 heteroatoms. The molecule has 0 unspecified atom stereocenters. The maximum absolute atomic E-state index is 12.7. The summed E-state index contributed by atoms with van der Waals surface area (Å²) in [5.41, 5.74) is 4.05. The van der Waals surface area contributed by atoms with Gasteiger partial charge < -0.3 is 4.74 Å². The third-order valence-electron chi connectivity index (χ3n) is 5.61. The molecule has 1 amide bonds. The molecule has 3 aromatic rings. The molecule has 0 aliphatic carbocycles. The van der Waals surface area contributed by atoms with Gasteiger partial charge >= 0.3 is 0 Å². The first-order valence-electron chi connectivity index (χ1n) is 10.6. The fourth-order valence-corrected chi connectivity index (χ4v) is 3.96. The van der Waals surface area contributed by atoms with Crippen molar-refractivity contribution >= 4 is 17.5 Å². The van der Waals surface area contributed by atoms with Gasteiger partial charge in [-0.25, -0.2) is 4.68 Å². The number of fused-ring (bicyclic) bond motifs is 1. The van der Waals surface area contributed by atoms with Gasteiger partial charge in [-0.2, -0.15) is 5.10 Å². The molecule has 0 N–H and O–H groups in total. The first kappa shape index (κ1) is 20.8. The van der Waals surface area contributed by atoms with Crippen LogP contribution in [0.5, 0.6) is 5.75 Å². The molecule has 31 heavy (non-hydrogen) atoms. The number of Topliss-reactive ketones (excluding diaryl/α,β-unsaturated/α-hetero) is 1. The van der Waals surface area contributed by atoms with E-state index in [1.165, 1.54) is 0 Å². The van der Waals surface area contributed by atoms with Crippen molar-refractivity contribution in [3.8, 4) is 16.9 Å². The molecule has 1 aliphatic heterocycles. The molecule has 6 nitrogen and oxygen atoms in total. The fraction of sp³-hybridized carbons (Fsp3) is 0.320. The SMILES string of the molecule is COc1ccc(-c2ccc(CC(=O)CCC(=O)N3CCCn4nc(C)cc43)cc2)cc1. The Morgan fingerprint density at radius 3 is 2.32 bits per heavy atom. The summed E-state index contributed by atoms with van der Waals surface area (Å²) in [7, 11) is 1.65. The van der Waals surface area contributed by atoms with Gasteiger partial charge in [0, 0.05) is 38.4 Å². The van der Waals surface area contributed by atoms with Crippen LogP contribution in [0.15, 0.2) is 54.6 Å². The lowest BCUT2D eigenvalue weighted by molar-refractivity contribution is -0.123. The Bertz CT molecular complexity index is 1070. The van der Waals surface area contributed by atoms with Gasteiger partial charge in [0.2, 0.25) is 5.91 Å². The summed E-state index contributed by atoms with van der Waals surface area (Å²) in [6.45, 7) is 3.45. The van der Waals surface area contributed by atoms with Gasteiger partial charge in [-0.05, 0) is 42.2 Å². The van der Waals surface area contributed by atoms with E-state index in [-0.39, 0.29) is 24.5 Å². The average molecular weight is 418 g/mol. The number of amides is 1. The van der Waals surface area contributed by atoms with Crippen LogP contribution in [0.3, 0.4) is 0 Å². The van der Waals surface area contributed by atoms with E-state index in [1.54, 1.807) is 12.0 Å². The number of carbonyl (C=O) groups is 2. The largest absolute Gasteiger partial charge is 0.497 e. The van der Waals surface area contributed by atoms with Gasteiger partial charge in [0.1, 0.15) is 17.4 Å². The number of aromatic nitrogens is 2. The second-order valence-corrected chi connectivity index (χ2v) is 7.91. The van der Waals surface area contributed by atoms with Crippen molar-refractivity contribution in [3.05, 3.63) is 65.9 Å². The van der Waals surface area contributed by atoms with Crippen LogP contribution < -0.4 is 9.64 Å². The molecule has 0 radical (unpaired) electrons. The van der Waals surface area contributed by atoms with Crippen LogP contribution >= 0.6 is 0 Å². The van der Waals surface area contributed by atoms with E-state index < -0.39 is 0 Å². The summed E-state index contributed by atoms with van der Waals surface area (Å²) in [6.07, 6.45) is 1.71. The second-order valence-electron chi connectivity index (χ2n) is 7.91. The maximum Gasteiger partial charge on any atom is 0.228 e. The number of carbonyl (C=O) groups excluding carboxylic acids is 2. The lowest BCUT2D eigenvalue weighted by Gasteiger charge is -2.27. The summed E-state index contributed by atoms with van der Waals surface area (Å²) in [4.78, 5) is 26.9. The van der Waals surface area contributed by atoms with Crippen LogP contribution in [0.1, 0.15) is 30.5 Å². The standard InChI is InChI=1S/C25H27N3O3/c1-18-16-24-27(14-3-15-28(24)26-18)25(30)13-10-22(29)17-19-4-6-20(7-5-19)21-8-11-23(31-2)12-9-21/h4-9,11-12,16H,3,10,13-15,17H2,1-2H3. The molecule has 2 aromatic carbocycles. The van der Waals surface area contributed by atoms with Gasteiger partial charge in [0.25, 0.3) is 0 Å². The number of aryl methyl sites for hydroxylation is 2. The highest BCUT2D eigenvalue weighted by atomic mass is 16.5. The average Bonchev–Trinajstić information content (AvgIpc) is 3.18. The quantitative estimate of drug-likeness (QED) is 0.578. The molecule has 0 saturated carbocycles. The van der Waals surface area contributed by atoms with E-state index in [0.717, 1.165) is 46.9 Å². The first-order chi connectivity index (χ1) is 15.0. The molecule has 160 valence electrons. The predicted octanol–water partition coefficient (Wildman–Crippen LogP) is 4.20. The number of ketones is 1. The number of methoxy groups -OCH3 is 1. The van der Waals surface area contributed by atoms with Crippen molar-refractivity contribution < 1.29 is 14.3 Å². The van der Waals surface area contributed by atoms with E-state index >= 15 is 0 Å². The zero-order valence-electron chi connectivity index (χ0n) is 18.0. The third kappa shape index (κ3) is 4.85. The Hall–Kier alpha value is -3.41. The Labute approximate surface area is 182 Å². The summed E-state index contributed by atoms with van der Waals surface area (Å²) in [6, 6.07) is 17.8. The lowest BCUT2D eigenvalue weighted by Crippen LogP contribution is -2.37. The second kappa shape index (κ2) is 9.16. The topological polar surface area (TPSA) is 64.4 Å². The molecule has 0 fully saturated rings. The van der Waals surface area contributed by atoms with E-state index in [9.17, 15) is 9.59 Å². The minimum Gasteiger partial charge on any atom is -0.497 e. The highest BCUT2D eigenvalue weighted by Crippen LogP contribution is 2.24. The summed E-state index contributed by atoms with van der Waals surface area (Å²) in [5, 5.41) is 4.42. The number of rotatable bonds is 7. The van der Waals surface area contributed by atoms with Crippen LogP contribution in [-0.4, -0.2) is 35.1 Å². The summed E-state index contributed by atoms with van der Waals surface area (Å²) in [5.74, 6) is 1.73. The Morgan fingerprint density at radius 1 is 0.968 bits per heavy atom. The minimum absolute atomic E-state index is 0.0101. The van der Waals surface area contributed by atoms with E-state index in [4.69, 9.17) is 4.74 Å². The van der Waals surface area contributed by atoms with Crippen LogP contribution in [0.25, 0.3) is 11.1 Å². The Balaban J connectivity index is 1.31. The van der Waals surface area contributed by atoms with Crippen molar-refractivity contribution in [2.24, 2.45) is 0 Å². The molecular weight excluding hydrogens is 390 g/mol. The van der Waals surface area contributed by atoms with Gasteiger partial charge in [-0.1, -0.05) is 36.4 Å². The number of benzene rings is 2. The highest BCUT2D eigenvalue weighted by Gasteiger charge is 2.24. The van der Waals surface area contributed by atoms with E-state index in [1.807, 2.05) is 66.2 Å². The number of nitrogens with zero attached hydrogens (tertiary/aromatic N) is 3. The summed E-state index contributed by atoms with van der Waals surface area (Å²) >= 11 is 0. The number of hydrogen-bond donors (Lipinski definition) is 0. The molecule has 0 spiro atoms. The smallest absolute Gasteiger partial charge is 0.228 e. The number of hydrogen-bond acceptors (Lipinski definition) is 4. The molecule has 2 heterocycles. The van der Waals surface area contributed by atoms with Crippen LogP contribution in [0.4, 0.5) is 5.82 Å². The predicted molar refractivity (Wildman–Crippen MR) is 120 cm³/mol. The van der Waals surface area contributed by atoms with Gasteiger partial charge in [-0.3, -0.25) is 14.5 Å². The van der Waals surface area contributed by atoms with Crippen molar-refractivity contribution in [1.82, 2.24) is 9.78 Å². The molecule has 1 aliphatic rings. The molecule has 0 bridgehead atoms. The zero-order chi connectivity index (χ0) is 21.8. The van der Waals surface area contributed by atoms with Crippen molar-refractivity contribution in [2.45, 2.75) is 39.2 Å². The first-order valence-corrected chi connectivity index (χ1v) is 10.6. The number of ether oxygens (including phenoxy) is 1. The van der Waals surface area contributed by atoms with Crippen molar-refractivity contribution in [2.75, 3.05) is 18.6 Å². The molecule has 4 rings (SSSR count). The monoisotopic (exact) mass is 417 g/mol. The maximum atomic E-state index is 12.7. The molecule has 0 atom stereocenters. The third-order valence-corrected chi connectivity index (χ3v) is 5.61. The Morgan fingerprint density at radius 2 is 1.65 bits per heavy atom. The van der Waals surface area contributed by atoms with Crippen molar-refractivity contribution in [1.29, 1.82) is 0 Å². The van der Waals surface area contributed by atoms with E-state index in [2.05, 4.69) is 5.10 Å². The van der Waals surface area contributed by atoms with Crippen LogP contribution in [0, 0.1) is 6.92 Å². The molecule has 1 aromatic heterocycles. The van der Waals surface area contributed by atoms with Crippen molar-refractivity contribution in [3.63, 3.8) is 0 Å². The van der Waals surface area contributed by atoms with Gasteiger partial charge in [-0.15, -0.1) is 0 Å². The van der Waals surface area contributed by atoms with Gasteiger partial charge in [0.15, 0.2) is 0 Å². The zero-order valence-corrected chi connectivity index (χ0v) is 18.0. The van der Waals surface area contributed by atoms with Gasteiger partial charge in [0.05, 0.1) is 12.8 Å². The Kier molecular flexibility index (Phi) is 6.16. The highest BCUT2D eigenvalue weighted by molar-refractivity contribution is 5.95.